The van der Waals surface area contributed by atoms with Gasteiger partial charge >= 0.3 is 0 Å². The highest BCUT2D eigenvalue weighted by molar-refractivity contribution is 7.91. The quantitative estimate of drug-likeness (QED) is 0.897. The molecule has 128 valence electrons. The molecule has 1 N–H and O–H groups in total. The van der Waals surface area contributed by atoms with Crippen LogP contribution in [0.1, 0.15) is 24.0 Å². The first kappa shape index (κ1) is 16.8. The topological polar surface area (TPSA) is 49.4 Å². The molecule has 0 saturated carbocycles. The fourth-order valence-electron chi connectivity index (χ4n) is 2.90. The van der Waals surface area contributed by atoms with E-state index >= 15 is 0 Å². The number of benzene rings is 2. The van der Waals surface area contributed by atoms with Gasteiger partial charge < -0.3 is 4.90 Å². The molecular formula is C18H21FN2O2S. The highest BCUT2D eigenvalue weighted by Gasteiger charge is 2.16. The van der Waals surface area contributed by atoms with Gasteiger partial charge in [-0.15, -0.1) is 0 Å². The Labute approximate surface area is 142 Å². The van der Waals surface area contributed by atoms with Crippen LogP contribution in [0.4, 0.5) is 15.8 Å². The van der Waals surface area contributed by atoms with Gasteiger partial charge in [0.15, 0.2) is 0 Å². The average Bonchev–Trinajstić information content (AvgIpc) is 3.06. The minimum Gasteiger partial charge on any atom is -0.371 e. The molecule has 24 heavy (non-hydrogen) atoms. The van der Waals surface area contributed by atoms with Crippen molar-refractivity contribution in [2.45, 2.75) is 25.5 Å². The van der Waals surface area contributed by atoms with E-state index in [1.165, 1.54) is 37.1 Å². The van der Waals surface area contributed by atoms with Crippen molar-refractivity contribution in [3.05, 3.63) is 59.4 Å². The molecule has 0 unspecified atom stereocenters. The van der Waals surface area contributed by atoms with Crippen LogP contribution < -0.4 is 9.62 Å². The summed E-state index contributed by atoms with van der Waals surface area (Å²) in [5.41, 5.74) is 3.07. The largest absolute Gasteiger partial charge is 0.371 e. The smallest absolute Gasteiger partial charge is 0.236 e. The molecule has 3 rings (SSSR count). The summed E-state index contributed by atoms with van der Waals surface area (Å²) >= 11 is 0. The van der Waals surface area contributed by atoms with Crippen molar-refractivity contribution in [3.8, 4) is 0 Å². The van der Waals surface area contributed by atoms with Crippen molar-refractivity contribution >= 4 is 21.4 Å². The van der Waals surface area contributed by atoms with E-state index in [0.29, 0.717) is 11.3 Å². The number of nitrogens with zero attached hydrogens (tertiary/aromatic N) is 1. The third-order valence-corrected chi connectivity index (χ3v) is 5.47. The summed E-state index contributed by atoms with van der Waals surface area (Å²) in [5, 5.41) is 0. The molecule has 6 heteroatoms. The van der Waals surface area contributed by atoms with Crippen LogP contribution in [0.15, 0.2) is 42.5 Å². The molecule has 0 spiro atoms. The molecule has 4 nitrogen and oxygen atoms in total. The predicted molar refractivity (Wildman–Crippen MR) is 95.3 cm³/mol. The van der Waals surface area contributed by atoms with Crippen LogP contribution in [0.25, 0.3) is 0 Å². The normalized spacial score (nSPS) is 14.8. The van der Waals surface area contributed by atoms with Crippen molar-refractivity contribution in [2.24, 2.45) is 0 Å². The number of hydrogen-bond acceptors (Lipinski definition) is 3. The van der Waals surface area contributed by atoms with Gasteiger partial charge in [-0.25, -0.2) is 12.8 Å². The van der Waals surface area contributed by atoms with E-state index in [4.69, 9.17) is 0 Å². The second kappa shape index (κ2) is 6.81. The Hall–Kier alpha value is -2.08. The minimum absolute atomic E-state index is 0.180. The van der Waals surface area contributed by atoms with Gasteiger partial charge in [0.2, 0.25) is 10.0 Å². The van der Waals surface area contributed by atoms with Crippen LogP contribution in [-0.4, -0.2) is 21.5 Å². The molecule has 2 aromatic rings. The number of halogens is 1. The van der Waals surface area contributed by atoms with Crippen LogP contribution in [0.5, 0.6) is 0 Å². The SMILES string of the molecule is Cc1ccc(N2CCCC2)cc1NS(=O)(=O)Cc1ccc(F)cc1. The van der Waals surface area contributed by atoms with Crippen molar-refractivity contribution < 1.29 is 12.8 Å². The fraction of sp³-hybridized carbons (Fsp3) is 0.333. The van der Waals surface area contributed by atoms with Crippen molar-refractivity contribution in [2.75, 3.05) is 22.7 Å². The van der Waals surface area contributed by atoms with Gasteiger partial charge in [-0.1, -0.05) is 18.2 Å². The summed E-state index contributed by atoms with van der Waals surface area (Å²) in [6, 6.07) is 11.4. The van der Waals surface area contributed by atoms with Gasteiger partial charge in [0.05, 0.1) is 11.4 Å². The third kappa shape index (κ3) is 4.06. The molecule has 0 aromatic heterocycles. The van der Waals surface area contributed by atoms with Crippen molar-refractivity contribution in [1.29, 1.82) is 0 Å². The van der Waals surface area contributed by atoms with E-state index in [0.717, 1.165) is 24.3 Å². The molecule has 1 saturated heterocycles. The standard InChI is InChI=1S/C18H21FN2O2S/c1-14-4-9-17(21-10-2-3-11-21)12-18(14)20-24(22,23)13-15-5-7-16(19)8-6-15/h4-9,12,20H,2-3,10-11,13H2,1H3. The second-order valence-electron chi connectivity index (χ2n) is 6.18. The molecule has 1 aliphatic heterocycles. The Morgan fingerprint density at radius 1 is 1.08 bits per heavy atom. The molecule has 2 aromatic carbocycles. The van der Waals surface area contributed by atoms with Crippen LogP contribution in [0.2, 0.25) is 0 Å². The number of rotatable bonds is 5. The van der Waals surface area contributed by atoms with Gasteiger partial charge in [0, 0.05) is 18.8 Å². The van der Waals surface area contributed by atoms with Gasteiger partial charge in [0.25, 0.3) is 0 Å². The maximum absolute atomic E-state index is 12.9. The zero-order valence-electron chi connectivity index (χ0n) is 13.6. The molecule has 1 fully saturated rings. The lowest BCUT2D eigenvalue weighted by Gasteiger charge is -2.20. The van der Waals surface area contributed by atoms with E-state index in [9.17, 15) is 12.8 Å². The summed E-state index contributed by atoms with van der Waals surface area (Å²) in [5.74, 6) is -0.557. The average molecular weight is 348 g/mol. The van der Waals surface area contributed by atoms with E-state index in [-0.39, 0.29) is 11.6 Å². The summed E-state index contributed by atoms with van der Waals surface area (Å²) in [6.07, 6.45) is 2.33. The van der Waals surface area contributed by atoms with Crippen molar-refractivity contribution in [3.63, 3.8) is 0 Å². The second-order valence-corrected chi connectivity index (χ2v) is 7.90. The highest BCUT2D eigenvalue weighted by Crippen LogP contribution is 2.27. The number of anilines is 2. The predicted octanol–water partition coefficient (Wildman–Crippen LogP) is 3.68. The molecular weight excluding hydrogens is 327 g/mol. The molecule has 0 aliphatic carbocycles. The molecule has 1 aliphatic rings. The Kier molecular flexibility index (Phi) is 4.76. The van der Waals surface area contributed by atoms with Crippen molar-refractivity contribution in [1.82, 2.24) is 0 Å². The summed E-state index contributed by atoms with van der Waals surface area (Å²) in [7, 11) is -3.55. The lowest BCUT2D eigenvalue weighted by molar-refractivity contribution is 0.600. The zero-order valence-corrected chi connectivity index (χ0v) is 14.4. The number of sulfonamides is 1. The Morgan fingerprint density at radius 3 is 2.42 bits per heavy atom. The monoisotopic (exact) mass is 348 g/mol. The summed E-state index contributed by atoms with van der Waals surface area (Å²) in [6.45, 7) is 3.89. The Bertz CT molecular complexity index is 813. The molecule has 0 radical (unpaired) electrons. The maximum atomic E-state index is 12.9. The van der Waals surface area contributed by atoms with Crippen LogP contribution in [-0.2, 0) is 15.8 Å². The van der Waals surface area contributed by atoms with Gasteiger partial charge in [0.1, 0.15) is 5.82 Å². The highest BCUT2D eigenvalue weighted by atomic mass is 32.2. The lowest BCUT2D eigenvalue weighted by atomic mass is 10.2. The van der Waals surface area contributed by atoms with E-state index in [2.05, 4.69) is 9.62 Å². The zero-order chi connectivity index (χ0) is 17.2. The molecule has 0 atom stereocenters. The first-order chi connectivity index (χ1) is 11.4. The minimum atomic E-state index is -3.55. The van der Waals surface area contributed by atoms with Crippen LogP contribution >= 0.6 is 0 Å². The number of hydrogen-bond donors (Lipinski definition) is 1. The Morgan fingerprint density at radius 2 is 1.75 bits per heavy atom. The van der Waals surface area contributed by atoms with E-state index < -0.39 is 10.0 Å². The van der Waals surface area contributed by atoms with E-state index in [1.807, 2.05) is 25.1 Å². The maximum Gasteiger partial charge on any atom is 0.236 e. The number of nitrogens with one attached hydrogen (secondary N) is 1. The lowest BCUT2D eigenvalue weighted by Crippen LogP contribution is -2.19. The first-order valence-corrected chi connectivity index (χ1v) is 9.69. The third-order valence-electron chi connectivity index (χ3n) is 4.23. The van der Waals surface area contributed by atoms with E-state index in [1.54, 1.807) is 0 Å². The fourth-order valence-corrected chi connectivity index (χ4v) is 4.15. The van der Waals surface area contributed by atoms with Gasteiger partial charge in [-0.2, -0.15) is 0 Å². The van der Waals surface area contributed by atoms with Crippen LogP contribution in [0.3, 0.4) is 0 Å². The van der Waals surface area contributed by atoms with Crippen LogP contribution in [0, 0.1) is 12.7 Å². The summed E-state index contributed by atoms with van der Waals surface area (Å²) in [4.78, 5) is 2.26. The molecule has 0 bridgehead atoms. The molecule has 0 amide bonds. The van der Waals surface area contributed by atoms with Gasteiger partial charge in [-0.05, 0) is 55.2 Å². The Balaban J connectivity index is 1.78. The summed E-state index contributed by atoms with van der Waals surface area (Å²) < 4.78 is 40.4. The molecule has 1 heterocycles. The number of aryl methyl sites for hydroxylation is 1. The first-order valence-electron chi connectivity index (χ1n) is 8.03. The van der Waals surface area contributed by atoms with Gasteiger partial charge in [-0.3, -0.25) is 4.72 Å².